The van der Waals surface area contributed by atoms with Gasteiger partial charge >= 0.3 is 6.61 Å². The third-order valence-corrected chi connectivity index (χ3v) is 4.50. The van der Waals surface area contributed by atoms with E-state index in [1.807, 2.05) is 32.0 Å². The Morgan fingerprint density at radius 3 is 2.53 bits per heavy atom. The maximum Gasteiger partial charge on any atom is 0.387 e. The number of carbonyl (C=O) groups excluding carboxylic acids is 1. The molecule has 6 nitrogen and oxygen atoms in total. The van der Waals surface area contributed by atoms with Gasteiger partial charge < -0.3 is 20.7 Å². The number of halogens is 2. The molecule has 1 atom stereocenters. The van der Waals surface area contributed by atoms with Crippen LogP contribution in [0.15, 0.2) is 53.5 Å². The van der Waals surface area contributed by atoms with Crippen molar-refractivity contribution in [2.45, 2.75) is 46.0 Å². The highest BCUT2D eigenvalue weighted by Crippen LogP contribution is 2.19. The Hall–Kier alpha value is -3.16. The summed E-state index contributed by atoms with van der Waals surface area (Å²) in [5.41, 5.74) is 2.09. The van der Waals surface area contributed by atoms with Crippen LogP contribution >= 0.6 is 0 Å². The highest BCUT2D eigenvalue weighted by atomic mass is 19.3. The monoisotopic (exact) mass is 418 g/mol. The zero-order valence-electron chi connectivity index (χ0n) is 17.4. The van der Waals surface area contributed by atoms with Crippen LogP contribution in [0.4, 0.5) is 8.78 Å². The Morgan fingerprint density at radius 1 is 1.10 bits per heavy atom. The first-order valence-electron chi connectivity index (χ1n) is 9.80. The zero-order valence-corrected chi connectivity index (χ0v) is 17.4. The van der Waals surface area contributed by atoms with E-state index in [0.29, 0.717) is 23.6 Å². The number of aliphatic imine (C=N–C) groups is 1. The molecule has 1 amide bonds. The molecule has 30 heavy (non-hydrogen) atoms. The molecule has 2 aromatic carbocycles. The van der Waals surface area contributed by atoms with Crippen LogP contribution in [0.25, 0.3) is 0 Å². The van der Waals surface area contributed by atoms with Gasteiger partial charge in [0.05, 0.1) is 0 Å². The molecule has 0 aliphatic rings. The minimum absolute atomic E-state index is 0.107. The number of nitrogens with zero attached hydrogens (tertiary/aromatic N) is 1. The van der Waals surface area contributed by atoms with Gasteiger partial charge in [-0.15, -0.1) is 0 Å². The van der Waals surface area contributed by atoms with Crippen LogP contribution in [0.5, 0.6) is 5.75 Å². The highest BCUT2D eigenvalue weighted by Gasteiger charge is 2.11. The molecule has 3 N–H and O–H groups in total. The van der Waals surface area contributed by atoms with Gasteiger partial charge in [0.2, 0.25) is 0 Å². The molecule has 0 aliphatic carbocycles. The third kappa shape index (κ3) is 7.35. The fraction of sp³-hybridized carbons (Fsp3) is 0.364. The zero-order chi connectivity index (χ0) is 21.9. The van der Waals surface area contributed by atoms with E-state index in [1.165, 1.54) is 6.07 Å². The van der Waals surface area contributed by atoms with Gasteiger partial charge in [0, 0.05) is 37.3 Å². The van der Waals surface area contributed by atoms with Crippen LogP contribution in [0.1, 0.15) is 41.8 Å². The lowest BCUT2D eigenvalue weighted by atomic mass is 10.1. The number of benzene rings is 2. The number of amides is 1. The number of para-hydroxylation sites is 1. The number of alkyl halides is 2. The SMILES string of the molecule is CCC(C)NC(=O)c1cccc(CNC(=NC)NCc2ccccc2OC(F)F)c1. The molecular weight excluding hydrogens is 390 g/mol. The van der Waals surface area contributed by atoms with Gasteiger partial charge in [0.1, 0.15) is 5.75 Å². The molecule has 0 saturated carbocycles. The van der Waals surface area contributed by atoms with E-state index in [9.17, 15) is 13.6 Å². The summed E-state index contributed by atoms with van der Waals surface area (Å²) in [6.45, 7) is 1.80. The number of guanidine groups is 1. The van der Waals surface area contributed by atoms with Crippen molar-refractivity contribution >= 4 is 11.9 Å². The van der Waals surface area contributed by atoms with Gasteiger partial charge in [-0.05, 0) is 37.1 Å². The Bertz CT molecular complexity index is 859. The molecule has 162 valence electrons. The second-order valence-corrected chi connectivity index (χ2v) is 6.75. The van der Waals surface area contributed by atoms with Gasteiger partial charge in [-0.2, -0.15) is 8.78 Å². The molecule has 0 spiro atoms. The number of rotatable bonds is 9. The minimum atomic E-state index is -2.88. The first-order chi connectivity index (χ1) is 14.4. The summed E-state index contributed by atoms with van der Waals surface area (Å²) in [4.78, 5) is 16.4. The van der Waals surface area contributed by atoms with Gasteiger partial charge in [-0.3, -0.25) is 9.79 Å². The maximum absolute atomic E-state index is 12.5. The van der Waals surface area contributed by atoms with Crippen LogP contribution in [-0.4, -0.2) is 31.6 Å². The molecule has 2 rings (SSSR count). The smallest absolute Gasteiger partial charge is 0.387 e. The predicted octanol–water partition coefficient (Wildman–Crippen LogP) is 3.68. The molecular formula is C22H28F2N4O2. The fourth-order valence-corrected chi connectivity index (χ4v) is 2.68. The lowest BCUT2D eigenvalue weighted by Crippen LogP contribution is -2.36. The predicted molar refractivity (Wildman–Crippen MR) is 114 cm³/mol. The van der Waals surface area contributed by atoms with E-state index in [1.54, 1.807) is 31.3 Å². The van der Waals surface area contributed by atoms with Crippen LogP contribution < -0.4 is 20.7 Å². The first kappa shape index (κ1) is 23.1. The second-order valence-electron chi connectivity index (χ2n) is 6.75. The van der Waals surface area contributed by atoms with Crippen molar-refractivity contribution in [3.63, 3.8) is 0 Å². The van der Waals surface area contributed by atoms with Crippen molar-refractivity contribution in [2.24, 2.45) is 4.99 Å². The van der Waals surface area contributed by atoms with Gasteiger partial charge in [-0.1, -0.05) is 37.3 Å². The lowest BCUT2D eigenvalue weighted by molar-refractivity contribution is -0.0504. The summed E-state index contributed by atoms with van der Waals surface area (Å²) in [5, 5.41) is 9.17. The fourth-order valence-electron chi connectivity index (χ4n) is 2.68. The summed E-state index contributed by atoms with van der Waals surface area (Å²) >= 11 is 0. The maximum atomic E-state index is 12.5. The van der Waals surface area contributed by atoms with Gasteiger partial charge in [0.15, 0.2) is 5.96 Å². The summed E-state index contributed by atoms with van der Waals surface area (Å²) in [7, 11) is 1.62. The quantitative estimate of drug-likeness (QED) is 0.429. The van der Waals surface area contributed by atoms with Crippen molar-refractivity contribution in [3.05, 3.63) is 65.2 Å². The Kier molecular flexibility index (Phi) is 9.05. The average Bonchev–Trinajstić information content (AvgIpc) is 2.74. The molecule has 0 saturated heterocycles. The normalized spacial score (nSPS) is 12.4. The third-order valence-electron chi connectivity index (χ3n) is 4.50. The lowest BCUT2D eigenvalue weighted by Gasteiger charge is -2.15. The van der Waals surface area contributed by atoms with E-state index >= 15 is 0 Å². The molecule has 2 aromatic rings. The van der Waals surface area contributed by atoms with Crippen LogP contribution in [0, 0.1) is 0 Å². The molecule has 0 fully saturated rings. The minimum Gasteiger partial charge on any atom is -0.434 e. The van der Waals surface area contributed by atoms with Crippen LogP contribution in [0.2, 0.25) is 0 Å². The summed E-state index contributed by atoms with van der Waals surface area (Å²) in [5.74, 6) is 0.510. The number of carbonyl (C=O) groups is 1. The highest BCUT2D eigenvalue weighted by molar-refractivity contribution is 5.94. The Balaban J connectivity index is 1.94. The molecule has 1 unspecified atom stereocenters. The average molecular weight is 418 g/mol. The van der Waals surface area contributed by atoms with Gasteiger partial charge in [-0.25, -0.2) is 0 Å². The summed E-state index contributed by atoms with van der Waals surface area (Å²) < 4.78 is 29.6. The van der Waals surface area contributed by atoms with Crippen molar-refractivity contribution in [3.8, 4) is 5.75 Å². The summed E-state index contributed by atoms with van der Waals surface area (Å²) in [6.07, 6.45) is 0.862. The van der Waals surface area contributed by atoms with Crippen molar-refractivity contribution in [1.29, 1.82) is 0 Å². The number of nitrogens with one attached hydrogen (secondary N) is 3. The molecule has 8 heteroatoms. The van der Waals surface area contributed by atoms with E-state index in [-0.39, 0.29) is 24.2 Å². The van der Waals surface area contributed by atoms with Crippen molar-refractivity contribution in [1.82, 2.24) is 16.0 Å². The molecule has 0 bridgehead atoms. The first-order valence-corrected chi connectivity index (χ1v) is 9.80. The van der Waals surface area contributed by atoms with E-state index < -0.39 is 6.61 Å². The molecule has 0 heterocycles. The van der Waals surface area contributed by atoms with Crippen LogP contribution in [-0.2, 0) is 13.1 Å². The number of hydrogen-bond donors (Lipinski definition) is 3. The van der Waals surface area contributed by atoms with Gasteiger partial charge in [0.25, 0.3) is 5.91 Å². The number of hydrogen-bond acceptors (Lipinski definition) is 3. The largest absolute Gasteiger partial charge is 0.434 e. The Labute approximate surface area is 175 Å². The molecule has 0 aromatic heterocycles. The van der Waals surface area contributed by atoms with Crippen molar-refractivity contribution in [2.75, 3.05) is 7.05 Å². The molecule has 0 radical (unpaired) electrons. The van der Waals surface area contributed by atoms with Crippen molar-refractivity contribution < 1.29 is 18.3 Å². The van der Waals surface area contributed by atoms with Crippen LogP contribution in [0.3, 0.4) is 0 Å². The topological polar surface area (TPSA) is 74.8 Å². The van der Waals surface area contributed by atoms with E-state index in [2.05, 4.69) is 25.7 Å². The molecule has 0 aliphatic heterocycles. The Morgan fingerprint density at radius 2 is 1.83 bits per heavy atom. The van der Waals surface area contributed by atoms with E-state index in [4.69, 9.17) is 0 Å². The second kappa shape index (κ2) is 11.7. The standard InChI is InChI=1S/C22H28F2N4O2/c1-4-15(2)28-20(29)17-10-7-8-16(12-17)13-26-22(25-3)27-14-18-9-5-6-11-19(18)30-21(23)24/h5-12,15,21H,4,13-14H2,1-3H3,(H,28,29)(H2,25,26,27). The van der Waals surface area contributed by atoms with E-state index in [0.717, 1.165) is 12.0 Å². The summed E-state index contributed by atoms with van der Waals surface area (Å²) in [6, 6.07) is 14.0. The number of ether oxygens (including phenoxy) is 1.